The van der Waals surface area contributed by atoms with Crippen molar-refractivity contribution in [2.45, 2.75) is 5.41 Å². The van der Waals surface area contributed by atoms with Crippen molar-refractivity contribution in [3.8, 4) is 33.7 Å². The Morgan fingerprint density at radius 2 is 1.02 bits per heavy atom. The van der Waals surface area contributed by atoms with Crippen molar-refractivity contribution in [3.63, 3.8) is 0 Å². The lowest BCUT2D eigenvalue weighted by molar-refractivity contribution is 0.476. The predicted octanol–water partition coefficient (Wildman–Crippen LogP) is 10.5. The van der Waals surface area contributed by atoms with Crippen LogP contribution in [0.5, 0.6) is 5.75 Å². The maximum Gasteiger partial charge on any atom is 0.123 e. The van der Waals surface area contributed by atoms with Gasteiger partial charge < -0.3 is 9.67 Å². The molecule has 212 valence electrons. The fraction of sp³-hybridized carbons (Fsp3) is 0.0233. The van der Waals surface area contributed by atoms with Crippen LogP contribution in [0.25, 0.3) is 49.7 Å². The fourth-order valence-corrected chi connectivity index (χ4v) is 7.70. The molecular weight excluding hydrogens is 546 g/mol. The summed E-state index contributed by atoms with van der Waals surface area (Å²) in [5.41, 5.74) is 11.8. The minimum atomic E-state index is -0.544. The van der Waals surface area contributed by atoms with E-state index in [1.54, 1.807) is 0 Å². The molecule has 7 aromatic carbocycles. The smallest absolute Gasteiger partial charge is 0.123 e. The molecule has 0 fully saturated rings. The summed E-state index contributed by atoms with van der Waals surface area (Å²) in [5.74, 6) is 0.281. The highest BCUT2D eigenvalue weighted by atomic mass is 16.3. The van der Waals surface area contributed by atoms with Gasteiger partial charge in [0, 0.05) is 22.0 Å². The Morgan fingerprint density at radius 1 is 0.422 bits per heavy atom. The Morgan fingerprint density at radius 3 is 1.76 bits per heavy atom. The van der Waals surface area contributed by atoms with Crippen molar-refractivity contribution >= 4 is 21.8 Å². The number of aromatic hydroxyl groups is 1. The number of hydrogen-bond donors (Lipinski definition) is 1. The van der Waals surface area contributed by atoms with E-state index in [2.05, 4.69) is 168 Å². The standard InChI is InChI=1S/C43H29NO/c45-42-28-39-36(33-20-10-12-22-38(33)43(39,30-14-4-1-5-15-30)31-16-6-2-7-17-31)27-35(42)29-24-25-41-37(26-29)34-21-11-13-23-40(34)44(41)32-18-8-3-9-19-32/h1-28,45H. The molecule has 1 aromatic heterocycles. The first kappa shape index (κ1) is 25.6. The average Bonchev–Trinajstić information content (AvgIpc) is 3.59. The number of hydrogen-bond acceptors (Lipinski definition) is 1. The van der Waals surface area contributed by atoms with Gasteiger partial charge in [-0.3, -0.25) is 0 Å². The lowest BCUT2D eigenvalue weighted by Gasteiger charge is -2.34. The highest BCUT2D eigenvalue weighted by Gasteiger charge is 2.46. The van der Waals surface area contributed by atoms with Gasteiger partial charge in [0.2, 0.25) is 0 Å². The second-order valence-corrected chi connectivity index (χ2v) is 11.9. The normalized spacial score (nSPS) is 13.2. The Balaban J connectivity index is 1.31. The largest absolute Gasteiger partial charge is 0.507 e. The molecule has 1 aliphatic carbocycles. The first-order valence-electron chi connectivity index (χ1n) is 15.4. The Labute approximate surface area is 262 Å². The van der Waals surface area contributed by atoms with Gasteiger partial charge in [0.15, 0.2) is 0 Å². The van der Waals surface area contributed by atoms with E-state index in [1.165, 1.54) is 33.2 Å². The summed E-state index contributed by atoms with van der Waals surface area (Å²) in [6.45, 7) is 0. The molecule has 8 aromatic rings. The van der Waals surface area contributed by atoms with E-state index in [4.69, 9.17) is 0 Å². The molecule has 1 N–H and O–H groups in total. The summed E-state index contributed by atoms with van der Waals surface area (Å²) >= 11 is 0. The number of phenolic OH excluding ortho intramolecular Hbond substituents is 1. The third-order valence-electron chi connectivity index (χ3n) is 9.57. The molecule has 0 unspecified atom stereocenters. The summed E-state index contributed by atoms with van der Waals surface area (Å²) < 4.78 is 2.32. The molecule has 0 amide bonds. The van der Waals surface area contributed by atoms with Crippen LogP contribution in [0.15, 0.2) is 170 Å². The van der Waals surface area contributed by atoms with E-state index in [-0.39, 0.29) is 5.75 Å². The van der Waals surface area contributed by atoms with E-state index in [1.807, 2.05) is 6.07 Å². The number of nitrogens with zero attached hydrogens (tertiary/aromatic N) is 1. The molecule has 0 bridgehead atoms. The third-order valence-corrected chi connectivity index (χ3v) is 9.57. The molecule has 0 saturated heterocycles. The van der Waals surface area contributed by atoms with Crippen LogP contribution in [-0.2, 0) is 5.41 Å². The van der Waals surface area contributed by atoms with Gasteiger partial charge in [-0.05, 0) is 81.4 Å². The molecule has 0 atom stereocenters. The topological polar surface area (TPSA) is 25.2 Å². The number of para-hydroxylation sites is 2. The molecule has 0 aliphatic heterocycles. The van der Waals surface area contributed by atoms with Gasteiger partial charge in [-0.15, -0.1) is 0 Å². The van der Waals surface area contributed by atoms with Crippen molar-refractivity contribution in [3.05, 3.63) is 192 Å². The number of fused-ring (bicyclic) bond motifs is 6. The zero-order valence-electron chi connectivity index (χ0n) is 24.6. The second-order valence-electron chi connectivity index (χ2n) is 11.9. The first-order valence-corrected chi connectivity index (χ1v) is 15.4. The average molecular weight is 576 g/mol. The zero-order valence-corrected chi connectivity index (χ0v) is 24.6. The molecular formula is C43H29NO. The van der Waals surface area contributed by atoms with Gasteiger partial charge in [-0.2, -0.15) is 0 Å². The van der Waals surface area contributed by atoms with Crippen LogP contribution < -0.4 is 0 Å². The van der Waals surface area contributed by atoms with E-state index >= 15 is 0 Å². The Kier molecular flexibility index (Phi) is 5.60. The molecule has 0 radical (unpaired) electrons. The number of rotatable bonds is 4. The summed E-state index contributed by atoms with van der Waals surface area (Å²) in [4.78, 5) is 0. The fourth-order valence-electron chi connectivity index (χ4n) is 7.70. The molecule has 2 nitrogen and oxygen atoms in total. The van der Waals surface area contributed by atoms with Gasteiger partial charge in [0.25, 0.3) is 0 Å². The third kappa shape index (κ3) is 3.63. The maximum atomic E-state index is 11.9. The predicted molar refractivity (Wildman–Crippen MR) is 185 cm³/mol. The van der Waals surface area contributed by atoms with E-state index < -0.39 is 5.41 Å². The lowest BCUT2D eigenvalue weighted by Crippen LogP contribution is -2.28. The number of aromatic nitrogens is 1. The van der Waals surface area contributed by atoms with Gasteiger partial charge in [0.05, 0.1) is 16.4 Å². The highest BCUT2D eigenvalue weighted by molar-refractivity contribution is 6.10. The van der Waals surface area contributed by atoms with Crippen LogP contribution >= 0.6 is 0 Å². The highest BCUT2D eigenvalue weighted by Crippen LogP contribution is 2.58. The van der Waals surface area contributed by atoms with Crippen LogP contribution in [0.2, 0.25) is 0 Å². The Bertz CT molecular complexity index is 2330. The maximum absolute atomic E-state index is 11.9. The molecule has 1 heterocycles. The van der Waals surface area contributed by atoms with Crippen molar-refractivity contribution < 1.29 is 5.11 Å². The van der Waals surface area contributed by atoms with Crippen molar-refractivity contribution in [1.29, 1.82) is 0 Å². The van der Waals surface area contributed by atoms with Crippen molar-refractivity contribution in [2.75, 3.05) is 0 Å². The lowest BCUT2D eigenvalue weighted by atomic mass is 9.67. The minimum Gasteiger partial charge on any atom is -0.507 e. The molecule has 45 heavy (non-hydrogen) atoms. The van der Waals surface area contributed by atoms with E-state index in [9.17, 15) is 5.11 Å². The van der Waals surface area contributed by atoms with E-state index in [0.717, 1.165) is 38.8 Å². The summed E-state index contributed by atoms with van der Waals surface area (Å²) in [5, 5.41) is 14.2. The first-order chi connectivity index (χ1) is 22.2. The van der Waals surface area contributed by atoms with Crippen molar-refractivity contribution in [2.24, 2.45) is 0 Å². The second kappa shape index (κ2) is 9.83. The molecule has 1 aliphatic rings. The number of benzene rings is 7. The molecule has 9 rings (SSSR count). The quantitative estimate of drug-likeness (QED) is 0.222. The van der Waals surface area contributed by atoms with E-state index in [0.29, 0.717) is 0 Å². The summed E-state index contributed by atoms with van der Waals surface area (Å²) in [6.07, 6.45) is 0. The Hall–Kier alpha value is -5.86. The van der Waals surface area contributed by atoms with Gasteiger partial charge >= 0.3 is 0 Å². The van der Waals surface area contributed by atoms with Gasteiger partial charge in [0.1, 0.15) is 5.75 Å². The summed E-state index contributed by atoms with van der Waals surface area (Å²) in [6, 6.07) is 60.0. The molecule has 0 saturated carbocycles. The number of phenols is 1. The zero-order chi connectivity index (χ0) is 30.0. The monoisotopic (exact) mass is 575 g/mol. The van der Waals surface area contributed by atoms with Crippen molar-refractivity contribution in [1.82, 2.24) is 4.57 Å². The van der Waals surface area contributed by atoms with Crippen LogP contribution in [-0.4, -0.2) is 9.67 Å². The van der Waals surface area contributed by atoms with Crippen LogP contribution in [0.1, 0.15) is 22.3 Å². The summed E-state index contributed by atoms with van der Waals surface area (Å²) in [7, 11) is 0. The molecule has 2 heteroatoms. The van der Waals surface area contributed by atoms with Crippen LogP contribution in [0.4, 0.5) is 0 Å². The van der Waals surface area contributed by atoms with Crippen LogP contribution in [0, 0.1) is 0 Å². The van der Waals surface area contributed by atoms with Crippen LogP contribution in [0.3, 0.4) is 0 Å². The van der Waals surface area contributed by atoms with Gasteiger partial charge in [-0.1, -0.05) is 127 Å². The van der Waals surface area contributed by atoms with Gasteiger partial charge in [-0.25, -0.2) is 0 Å². The molecule has 0 spiro atoms. The SMILES string of the molecule is Oc1cc2c(cc1-c1ccc3c(c1)c1ccccc1n3-c1ccccc1)-c1ccccc1C2(c1ccccc1)c1ccccc1. The minimum absolute atomic E-state index is 0.281.